The van der Waals surface area contributed by atoms with Crippen molar-refractivity contribution in [2.75, 3.05) is 19.0 Å². The lowest BCUT2D eigenvalue weighted by Crippen LogP contribution is -2.41. The third kappa shape index (κ3) is 7.38. The number of amides is 3. The molecule has 0 bridgehead atoms. The number of nitrogens with zero attached hydrogens (tertiary/aromatic N) is 1. The number of anilines is 1. The molecule has 0 spiro atoms. The summed E-state index contributed by atoms with van der Waals surface area (Å²) in [5.74, 6) is 0.803. The topological polar surface area (TPSA) is 70.7 Å². The Bertz CT molecular complexity index is 1030. The Morgan fingerprint density at radius 3 is 2.24 bits per heavy atom. The van der Waals surface area contributed by atoms with Gasteiger partial charge in [0.25, 0.3) is 0 Å². The highest BCUT2D eigenvalue weighted by atomic mass is 16.5. The first-order valence-corrected chi connectivity index (χ1v) is 11.1. The van der Waals surface area contributed by atoms with Crippen molar-refractivity contribution < 1.29 is 14.3 Å². The largest absolute Gasteiger partial charge is 0.496 e. The van der Waals surface area contributed by atoms with Crippen LogP contribution in [0.25, 0.3) is 0 Å². The van der Waals surface area contributed by atoms with Crippen LogP contribution in [0.1, 0.15) is 24.5 Å². The Labute approximate surface area is 195 Å². The van der Waals surface area contributed by atoms with Gasteiger partial charge in [-0.15, -0.1) is 0 Å². The molecule has 3 amide bonds. The van der Waals surface area contributed by atoms with E-state index in [1.54, 1.807) is 7.11 Å². The van der Waals surface area contributed by atoms with Crippen LogP contribution in [0.4, 0.5) is 10.5 Å². The smallest absolute Gasteiger partial charge is 0.319 e. The zero-order valence-electron chi connectivity index (χ0n) is 19.2. The summed E-state index contributed by atoms with van der Waals surface area (Å²) in [6.45, 7) is 2.80. The maximum atomic E-state index is 13.2. The van der Waals surface area contributed by atoms with E-state index in [1.807, 2.05) is 96.8 Å². The number of nitrogens with one attached hydrogen (secondary N) is 2. The van der Waals surface area contributed by atoms with Crippen molar-refractivity contribution in [1.29, 1.82) is 0 Å². The van der Waals surface area contributed by atoms with E-state index in [9.17, 15) is 9.59 Å². The summed E-state index contributed by atoms with van der Waals surface area (Å²) >= 11 is 0. The summed E-state index contributed by atoms with van der Waals surface area (Å²) in [5, 5.41) is 5.53. The second kappa shape index (κ2) is 12.3. The van der Waals surface area contributed by atoms with Gasteiger partial charge < -0.3 is 20.3 Å². The van der Waals surface area contributed by atoms with Gasteiger partial charge in [-0.2, -0.15) is 0 Å². The molecule has 6 heteroatoms. The molecule has 6 nitrogen and oxygen atoms in total. The number of carbonyl (C=O) groups is 2. The van der Waals surface area contributed by atoms with Crippen molar-refractivity contribution in [1.82, 2.24) is 10.2 Å². The molecule has 0 aromatic heterocycles. The van der Waals surface area contributed by atoms with E-state index < -0.39 is 0 Å². The minimum atomic E-state index is -0.328. The van der Waals surface area contributed by atoms with Gasteiger partial charge in [0.2, 0.25) is 5.91 Å². The SMILES string of the molecule is COc1ccccc1CC(C)N(Cc1ccccc1)C(=O)CCNC(=O)Nc1ccccc1. The molecule has 2 N–H and O–H groups in total. The van der Waals surface area contributed by atoms with Crippen molar-refractivity contribution >= 4 is 17.6 Å². The molecule has 1 unspecified atom stereocenters. The number of carbonyl (C=O) groups excluding carboxylic acids is 2. The van der Waals surface area contributed by atoms with E-state index in [-0.39, 0.29) is 30.9 Å². The zero-order chi connectivity index (χ0) is 23.5. The van der Waals surface area contributed by atoms with Crippen molar-refractivity contribution in [2.45, 2.75) is 32.4 Å². The molecule has 1 atom stereocenters. The predicted octanol–water partition coefficient (Wildman–Crippen LogP) is 4.87. The number of urea groups is 1. The van der Waals surface area contributed by atoms with E-state index in [4.69, 9.17) is 4.74 Å². The Hall–Kier alpha value is -3.80. The normalized spacial score (nSPS) is 11.3. The molecule has 0 saturated carbocycles. The van der Waals surface area contributed by atoms with Gasteiger partial charge in [-0.3, -0.25) is 4.79 Å². The Kier molecular flexibility index (Phi) is 8.88. The number of hydrogen-bond donors (Lipinski definition) is 2. The summed E-state index contributed by atoms with van der Waals surface area (Å²) in [6.07, 6.45) is 0.885. The molecule has 0 radical (unpaired) electrons. The highest BCUT2D eigenvalue weighted by molar-refractivity contribution is 5.89. The van der Waals surface area contributed by atoms with Crippen molar-refractivity contribution in [3.63, 3.8) is 0 Å². The summed E-state index contributed by atoms with van der Waals surface area (Å²) in [6, 6.07) is 26.6. The molecule has 0 fully saturated rings. The number of benzene rings is 3. The van der Waals surface area contributed by atoms with Crippen molar-refractivity contribution in [2.24, 2.45) is 0 Å². The quantitative estimate of drug-likeness (QED) is 0.468. The fourth-order valence-corrected chi connectivity index (χ4v) is 3.69. The Balaban J connectivity index is 1.62. The van der Waals surface area contributed by atoms with Crippen LogP contribution < -0.4 is 15.4 Å². The third-order valence-electron chi connectivity index (χ3n) is 5.41. The molecule has 33 heavy (non-hydrogen) atoms. The minimum absolute atomic E-state index is 0.0127. The van der Waals surface area contributed by atoms with Crippen LogP contribution in [-0.2, 0) is 17.8 Å². The van der Waals surface area contributed by atoms with Gasteiger partial charge in [-0.25, -0.2) is 4.79 Å². The lowest BCUT2D eigenvalue weighted by molar-refractivity contribution is -0.133. The first-order valence-electron chi connectivity index (χ1n) is 11.1. The molecular weight excluding hydrogens is 414 g/mol. The van der Waals surface area contributed by atoms with Gasteiger partial charge in [0.15, 0.2) is 0 Å². The van der Waals surface area contributed by atoms with E-state index in [0.29, 0.717) is 18.7 Å². The maximum Gasteiger partial charge on any atom is 0.319 e. The van der Waals surface area contributed by atoms with Crippen LogP contribution in [0.15, 0.2) is 84.9 Å². The van der Waals surface area contributed by atoms with Gasteiger partial charge in [0.05, 0.1) is 7.11 Å². The van der Waals surface area contributed by atoms with Crippen LogP contribution >= 0.6 is 0 Å². The average Bonchev–Trinajstić information content (AvgIpc) is 2.84. The standard InChI is InChI=1S/C27H31N3O3/c1-21(19-23-13-9-10-16-25(23)33-2)30(20-22-11-5-3-6-12-22)26(31)17-18-28-27(32)29-24-14-7-4-8-15-24/h3-16,21H,17-20H2,1-2H3,(H2,28,29,32). The van der Waals surface area contributed by atoms with Crippen LogP contribution in [0.3, 0.4) is 0 Å². The highest BCUT2D eigenvalue weighted by Gasteiger charge is 2.22. The van der Waals surface area contributed by atoms with Crippen molar-refractivity contribution in [3.8, 4) is 5.75 Å². The average molecular weight is 446 g/mol. The molecule has 0 heterocycles. The molecular formula is C27H31N3O3. The molecule has 172 valence electrons. The second-order valence-electron chi connectivity index (χ2n) is 7.87. The summed E-state index contributed by atoms with van der Waals surface area (Å²) < 4.78 is 5.49. The van der Waals surface area contributed by atoms with Crippen molar-refractivity contribution in [3.05, 3.63) is 96.1 Å². The molecule has 3 aromatic carbocycles. The van der Waals surface area contributed by atoms with Crippen LogP contribution in [0, 0.1) is 0 Å². The number of methoxy groups -OCH3 is 1. The van der Waals surface area contributed by atoms with E-state index in [0.717, 1.165) is 16.9 Å². The zero-order valence-corrected chi connectivity index (χ0v) is 19.2. The van der Waals surface area contributed by atoms with E-state index in [2.05, 4.69) is 10.6 Å². The fourth-order valence-electron chi connectivity index (χ4n) is 3.69. The van der Waals surface area contributed by atoms with Gasteiger partial charge >= 0.3 is 6.03 Å². The molecule has 0 aliphatic rings. The predicted molar refractivity (Wildman–Crippen MR) is 131 cm³/mol. The summed E-state index contributed by atoms with van der Waals surface area (Å²) in [4.78, 5) is 27.2. The highest BCUT2D eigenvalue weighted by Crippen LogP contribution is 2.22. The van der Waals surface area contributed by atoms with E-state index in [1.165, 1.54) is 0 Å². The first kappa shape index (κ1) is 23.9. The molecule has 0 saturated heterocycles. The van der Waals surface area contributed by atoms with Crippen LogP contribution in [-0.4, -0.2) is 36.5 Å². The fraction of sp³-hybridized carbons (Fsp3) is 0.259. The second-order valence-corrected chi connectivity index (χ2v) is 7.87. The summed E-state index contributed by atoms with van der Waals surface area (Å²) in [5.41, 5.74) is 2.82. The number of rotatable bonds is 10. The monoisotopic (exact) mass is 445 g/mol. The number of para-hydroxylation sites is 2. The molecule has 0 aliphatic carbocycles. The molecule has 3 rings (SSSR count). The van der Waals surface area contributed by atoms with Gasteiger partial charge in [0.1, 0.15) is 5.75 Å². The van der Waals surface area contributed by atoms with Gasteiger partial charge in [-0.1, -0.05) is 66.7 Å². The lowest BCUT2D eigenvalue weighted by atomic mass is 10.0. The Morgan fingerprint density at radius 1 is 0.909 bits per heavy atom. The number of ether oxygens (including phenoxy) is 1. The maximum absolute atomic E-state index is 13.2. The lowest BCUT2D eigenvalue weighted by Gasteiger charge is -2.30. The van der Waals surface area contributed by atoms with E-state index >= 15 is 0 Å². The first-order chi connectivity index (χ1) is 16.1. The molecule has 3 aromatic rings. The third-order valence-corrected chi connectivity index (χ3v) is 5.41. The Morgan fingerprint density at radius 2 is 1.55 bits per heavy atom. The van der Waals surface area contributed by atoms with Gasteiger partial charge in [-0.05, 0) is 42.7 Å². The van der Waals surface area contributed by atoms with Crippen LogP contribution in [0.5, 0.6) is 5.75 Å². The number of hydrogen-bond acceptors (Lipinski definition) is 3. The van der Waals surface area contributed by atoms with Gasteiger partial charge in [0, 0.05) is 31.2 Å². The van der Waals surface area contributed by atoms with Crippen LogP contribution in [0.2, 0.25) is 0 Å². The molecule has 0 aliphatic heterocycles. The summed E-state index contributed by atoms with van der Waals surface area (Å²) in [7, 11) is 1.66. The minimum Gasteiger partial charge on any atom is -0.496 e.